The number of aryl methyl sites for hydroxylation is 2. The molecule has 4 heteroatoms. The molecule has 2 aromatic carbocycles. The molecule has 0 saturated heterocycles. The highest BCUT2D eigenvalue weighted by molar-refractivity contribution is 6.30. The van der Waals surface area contributed by atoms with E-state index in [0.29, 0.717) is 0 Å². The van der Waals surface area contributed by atoms with Crippen molar-refractivity contribution < 1.29 is 8.78 Å². The van der Waals surface area contributed by atoms with Crippen LogP contribution in [0.3, 0.4) is 0 Å². The highest BCUT2D eigenvalue weighted by Gasteiger charge is 2.17. The summed E-state index contributed by atoms with van der Waals surface area (Å²) in [6.07, 6.45) is 0. The fraction of sp³-hybridized carbons (Fsp3) is 0.200. The lowest BCUT2D eigenvalue weighted by Gasteiger charge is -2.15. The summed E-state index contributed by atoms with van der Waals surface area (Å²) >= 11 is 5.53. The molecule has 2 aromatic rings. The van der Waals surface area contributed by atoms with Gasteiger partial charge in [-0.2, -0.15) is 0 Å². The standard InChI is InChI=1S/C15H14ClF2N/c1-8-3-9(2)5-10(4-8)15(19)11-6-14(18)12(16)7-13(11)17/h3-7,15H,19H2,1-2H3. The third-order valence-corrected chi connectivity index (χ3v) is 3.27. The summed E-state index contributed by atoms with van der Waals surface area (Å²) in [6, 6.07) is 7.02. The van der Waals surface area contributed by atoms with Gasteiger partial charge in [0, 0.05) is 5.56 Å². The summed E-state index contributed by atoms with van der Waals surface area (Å²) in [5, 5.41) is -0.242. The second-order valence-electron chi connectivity index (χ2n) is 4.69. The van der Waals surface area contributed by atoms with E-state index >= 15 is 0 Å². The first-order chi connectivity index (χ1) is 8.88. The molecule has 100 valence electrons. The molecule has 0 aromatic heterocycles. The van der Waals surface area contributed by atoms with Crippen LogP contribution in [0.1, 0.15) is 28.3 Å². The molecule has 0 amide bonds. The van der Waals surface area contributed by atoms with E-state index in [9.17, 15) is 8.78 Å². The quantitative estimate of drug-likeness (QED) is 0.817. The van der Waals surface area contributed by atoms with Crippen molar-refractivity contribution in [2.24, 2.45) is 5.73 Å². The molecule has 2 rings (SSSR count). The molecule has 0 radical (unpaired) electrons. The molecular formula is C15H14ClF2N. The van der Waals surface area contributed by atoms with Crippen molar-refractivity contribution in [1.82, 2.24) is 0 Å². The van der Waals surface area contributed by atoms with Crippen molar-refractivity contribution in [2.45, 2.75) is 19.9 Å². The van der Waals surface area contributed by atoms with Crippen LogP contribution in [0.5, 0.6) is 0 Å². The molecule has 1 atom stereocenters. The Morgan fingerprint density at radius 2 is 1.53 bits per heavy atom. The average molecular weight is 282 g/mol. The molecule has 0 saturated carbocycles. The molecule has 0 aliphatic heterocycles. The van der Waals surface area contributed by atoms with Gasteiger partial charge in [-0.05, 0) is 31.5 Å². The van der Waals surface area contributed by atoms with Gasteiger partial charge in [0.25, 0.3) is 0 Å². The maximum absolute atomic E-state index is 13.8. The van der Waals surface area contributed by atoms with Crippen LogP contribution in [-0.2, 0) is 0 Å². The van der Waals surface area contributed by atoms with Crippen LogP contribution in [0.4, 0.5) is 8.78 Å². The van der Waals surface area contributed by atoms with Crippen LogP contribution in [0.25, 0.3) is 0 Å². The first-order valence-electron chi connectivity index (χ1n) is 5.86. The van der Waals surface area contributed by atoms with Crippen LogP contribution in [0.2, 0.25) is 5.02 Å². The van der Waals surface area contributed by atoms with E-state index in [-0.39, 0.29) is 10.6 Å². The van der Waals surface area contributed by atoms with E-state index in [1.807, 2.05) is 32.0 Å². The molecule has 19 heavy (non-hydrogen) atoms. The van der Waals surface area contributed by atoms with Gasteiger partial charge in [-0.15, -0.1) is 0 Å². The zero-order valence-electron chi connectivity index (χ0n) is 10.7. The highest BCUT2D eigenvalue weighted by Crippen LogP contribution is 2.27. The monoisotopic (exact) mass is 281 g/mol. The minimum absolute atomic E-state index is 0.104. The Morgan fingerprint density at radius 1 is 0.947 bits per heavy atom. The molecule has 0 aliphatic rings. The van der Waals surface area contributed by atoms with Crippen LogP contribution in [0, 0.1) is 25.5 Å². The summed E-state index contributed by atoms with van der Waals surface area (Å²) in [6.45, 7) is 3.87. The molecule has 1 unspecified atom stereocenters. The van der Waals surface area contributed by atoms with E-state index in [4.69, 9.17) is 17.3 Å². The van der Waals surface area contributed by atoms with Gasteiger partial charge in [0.05, 0.1) is 11.1 Å². The van der Waals surface area contributed by atoms with Crippen molar-refractivity contribution in [3.8, 4) is 0 Å². The summed E-state index contributed by atoms with van der Waals surface area (Å²) in [7, 11) is 0. The summed E-state index contributed by atoms with van der Waals surface area (Å²) in [5.74, 6) is -1.27. The molecule has 2 N–H and O–H groups in total. The van der Waals surface area contributed by atoms with Crippen molar-refractivity contribution in [3.63, 3.8) is 0 Å². The first kappa shape index (κ1) is 14.0. The van der Waals surface area contributed by atoms with E-state index in [1.54, 1.807) is 0 Å². The molecule has 0 fully saturated rings. The van der Waals surface area contributed by atoms with Gasteiger partial charge < -0.3 is 5.73 Å². The summed E-state index contributed by atoms with van der Waals surface area (Å²) in [4.78, 5) is 0. The lowest BCUT2D eigenvalue weighted by molar-refractivity contribution is 0.577. The smallest absolute Gasteiger partial charge is 0.142 e. The van der Waals surface area contributed by atoms with Gasteiger partial charge in [-0.25, -0.2) is 8.78 Å². The highest BCUT2D eigenvalue weighted by atomic mass is 35.5. The van der Waals surface area contributed by atoms with E-state index in [2.05, 4.69) is 0 Å². The molecule has 0 bridgehead atoms. The molecular weight excluding hydrogens is 268 g/mol. The summed E-state index contributed by atoms with van der Waals surface area (Å²) in [5.41, 5.74) is 8.93. The Morgan fingerprint density at radius 3 is 2.11 bits per heavy atom. The van der Waals surface area contributed by atoms with E-state index < -0.39 is 17.7 Å². The zero-order valence-corrected chi connectivity index (χ0v) is 11.4. The minimum Gasteiger partial charge on any atom is -0.320 e. The number of hydrogen-bond donors (Lipinski definition) is 1. The normalized spacial score (nSPS) is 12.5. The number of halogens is 3. The number of rotatable bonds is 2. The van der Waals surface area contributed by atoms with Gasteiger partial charge in [-0.3, -0.25) is 0 Å². The van der Waals surface area contributed by atoms with Crippen molar-refractivity contribution in [2.75, 3.05) is 0 Å². The van der Waals surface area contributed by atoms with Crippen LogP contribution in [0.15, 0.2) is 30.3 Å². The lowest BCUT2D eigenvalue weighted by Crippen LogP contribution is -2.14. The van der Waals surface area contributed by atoms with Gasteiger partial charge in [0.1, 0.15) is 11.6 Å². The average Bonchev–Trinajstić information content (AvgIpc) is 2.31. The second-order valence-corrected chi connectivity index (χ2v) is 5.09. The summed E-state index contributed by atoms with van der Waals surface area (Å²) < 4.78 is 27.3. The number of hydrogen-bond acceptors (Lipinski definition) is 1. The Labute approximate surface area is 116 Å². The van der Waals surface area contributed by atoms with Gasteiger partial charge >= 0.3 is 0 Å². The minimum atomic E-state index is -0.717. The Bertz CT molecular complexity index is 606. The third-order valence-electron chi connectivity index (χ3n) is 2.98. The van der Waals surface area contributed by atoms with Crippen molar-refractivity contribution in [3.05, 3.63) is 69.2 Å². The Hall–Kier alpha value is -1.45. The van der Waals surface area contributed by atoms with Crippen LogP contribution in [-0.4, -0.2) is 0 Å². The Kier molecular flexibility index (Phi) is 3.88. The lowest BCUT2D eigenvalue weighted by atomic mass is 9.96. The topological polar surface area (TPSA) is 26.0 Å². The van der Waals surface area contributed by atoms with E-state index in [1.165, 1.54) is 0 Å². The van der Waals surface area contributed by atoms with Gasteiger partial charge in [0.2, 0.25) is 0 Å². The number of nitrogens with two attached hydrogens (primary N) is 1. The van der Waals surface area contributed by atoms with Crippen molar-refractivity contribution in [1.29, 1.82) is 0 Å². The second kappa shape index (κ2) is 5.27. The fourth-order valence-electron chi connectivity index (χ4n) is 2.15. The van der Waals surface area contributed by atoms with E-state index in [0.717, 1.165) is 28.8 Å². The molecule has 1 nitrogen and oxygen atoms in total. The largest absolute Gasteiger partial charge is 0.320 e. The van der Waals surface area contributed by atoms with Crippen molar-refractivity contribution >= 4 is 11.6 Å². The zero-order chi connectivity index (χ0) is 14.2. The van der Waals surface area contributed by atoms with Crippen LogP contribution >= 0.6 is 11.6 Å². The first-order valence-corrected chi connectivity index (χ1v) is 6.24. The molecule has 0 spiro atoms. The molecule has 0 heterocycles. The van der Waals surface area contributed by atoms with Crippen LogP contribution < -0.4 is 5.73 Å². The predicted octanol–water partition coefficient (Wildman–Crippen LogP) is 4.28. The van der Waals surface area contributed by atoms with Gasteiger partial charge in [-0.1, -0.05) is 40.9 Å². The maximum atomic E-state index is 13.8. The maximum Gasteiger partial charge on any atom is 0.142 e. The number of benzene rings is 2. The Balaban J connectivity index is 2.49. The third kappa shape index (κ3) is 2.94. The van der Waals surface area contributed by atoms with Gasteiger partial charge in [0.15, 0.2) is 0 Å². The fourth-order valence-corrected chi connectivity index (χ4v) is 2.30. The molecule has 0 aliphatic carbocycles. The SMILES string of the molecule is Cc1cc(C)cc(C(N)c2cc(F)c(Cl)cc2F)c1. The predicted molar refractivity (Wildman–Crippen MR) is 73.3 cm³/mol.